The lowest BCUT2D eigenvalue weighted by molar-refractivity contribution is -0.120. The van der Waals surface area contributed by atoms with E-state index in [9.17, 15) is 14.0 Å². The molecule has 1 aromatic heterocycles. The number of aromatic nitrogens is 2. The van der Waals surface area contributed by atoms with Crippen molar-refractivity contribution < 1.29 is 23.5 Å². The molecule has 4 aromatic rings. The predicted molar refractivity (Wildman–Crippen MR) is 152 cm³/mol. The zero-order valence-electron chi connectivity index (χ0n) is 21.6. The van der Waals surface area contributed by atoms with E-state index in [1.807, 2.05) is 26.0 Å². The highest BCUT2D eigenvalue weighted by atomic mass is 35.5. The molecule has 3 aromatic carbocycles. The van der Waals surface area contributed by atoms with Crippen molar-refractivity contribution in [2.75, 3.05) is 11.9 Å². The van der Waals surface area contributed by atoms with Gasteiger partial charge >= 0.3 is 0 Å². The molecule has 4 rings (SSSR count). The zero-order valence-corrected chi connectivity index (χ0v) is 23.2. The van der Waals surface area contributed by atoms with Gasteiger partial charge in [0.05, 0.1) is 24.3 Å². The number of hydrazone groups is 1. The number of rotatable bonds is 11. The van der Waals surface area contributed by atoms with Gasteiger partial charge in [0.15, 0.2) is 11.5 Å². The Hall–Kier alpha value is -4.35. The second-order valence-corrected chi connectivity index (χ2v) is 9.94. The summed E-state index contributed by atoms with van der Waals surface area (Å²) in [6.07, 6.45) is 1.35. The van der Waals surface area contributed by atoms with E-state index in [1.165, 1.54) is 18.3 Å². The third kappa shape index (κ3) is 8.08. The molecule has 2 N–H and O–H groups in total. The molecule has 0 atom stereocenters. The minimum absolute atomic E-state index is 0.0729. The van der Waals surface area contributed by atoms with Crippen LogP contribution in [0.15, 0.2) is 65.8 Å². The maximum Gasteiger partial charge on any atom is 0.257 e. The van der Waals surface area contributed by atoms with Gasteiger partial charge in [-0.05, 0) is 61.4 Å². The molecular weight excluding hydrogens is 557 g/mol. The van der Waals surface area contributed by atoms with Crippen molar-refractivity contribution in [1.82, 2.24) is 15.6 Å². The summed E-state index contributed by atoms with van der Waals surface area (Å²) in [5.74, 6) is -0.314. The molecule has 2 amide bonds. The van der Waals surface area contributed by atoms with Gasteiger partial charge in [0.2, 0.25) is 11.0 Å². The number of hydrogen-bond acceptors (Lipinski definition) is 8. The standard InChI is InChI=1S/C28H25ClFN5O4S/c1-3-38-23-13-19(12-22(29)26(23)39-16-18-6-10-21(30)11-7-18)15-31-33-24(36)14-25-34-35-28(40-25)32-27(37)20-8-4-17(2)5-9-20/h4-13,15H,3,14,16H2,1-2H3,(H,33,36)(H,32,35,37)/b31-15-. The van der Waals surface area contributed by atoms with Crippen LogP contribution >= 0.6 is 22.9 Å². The second-order valence-electron chi connectivity index (χ2n) is 8.47. The first kappa shape index (κ1) is 28.7. The van der Waals surface area contributed by atoms with Gasteiger partial charge in [-0.15, -0.1) is 10.2 Å². The molecule has 0 spiro atoms. The first-order valence-corrected chi connectivity index (χ1v) is 13.4. The number of carbonyl (C=O) groups excluding carboxylic acids is 2. The Morgan fingerprint density at radius 3 is 2.55 bits per heavy atom. The minimum Gasteiger partial charge on any atom is -0.490 e. The molecule has 0 unspecified atom stereocenters. The molecule has 9 nitrogen and oxygen atoms in total. The van der Waals surface area contributed by atoms with E-state index in [2.05, 4.69) is 26.0 Å². The van der Waals surface area contributed by atoms with E-state index in [4.69, 9.17) is 21.1 Å². The summed E-state index contributed by atoms with van der Waals surface area (Å²) in [5, 5.41) is 15.5. The zero-order chi connectivity index (χ0) is 28.5. The van der Waals surface area contributed by atoms with Crippen molar-refractivity contribution >= 4 is 46.1 Å². The van der Waals surface area contributed by atoms with Crippen molar-refractivity contribution in [3.8, 4) is 11.5 Å². The van der Waals surface area contributed by atoms with Crippen LogP contribution in [0.1, 0.15) is 39.0 Å². The normalized spacial score (nSPS) is 10.9. The highest BCUT2D eigenvalue weighted by molar-refractivity contribution is 7.15. The lowest BCUT2D eigenvalue weighted by Gasteiger charge is -2.14. The Balaban J connectivity index is 1.32. The van der Waals surface area contributed by atoms with Gasteiger partial charge in [0, 0.05) is 5.56 Å². The van der Waals surface area contributed by atoms with E-state index >= 15 is 0 Å². The molecule has 206 valence electrons. The van der Waals surface area contributed by atoms with Crippen LogP contribution in [0.4, 0.5) is 9.52 Å². The third-order valence-electron chi connectivity index (χ3n) is 5.34. The lowest BCUT2D eigenvalue weighted by atomic mass is 10.1. The highest BCUT2D eigenvalue weighted by Crippen LogP contribution is 2.37. The molecule has 0 bridgehead atoms. The summed E-state index contributed by atoms with van der Waals surface area (Å²) in [6.45, 7) is 4.30. The van der Waals surface area contributed by atoms with Crippen LogP contribution in [0.3, 0.4) is 0 Å². The molecule has 0 aliphatic heterocycles. The Morgan fingerprint density at radius 2 is 1.82 bits per heavy atom. The van der Waals surface area contributed by atoms with E-state index < -0.39 is 5.91 Å². The third-order valence-corrected chi connectivity index (χ3v) is 6.46. The number of halogens is 2. The number of benzene rings is 3. The topological polar surface area (TPSA) is 115 Å². The van der Waals surface area contributed by atoms with Crippen LogP contribution in [0.25, 0.3) is 0 Å². The summed E-state index contributed by atoms with van der Waals surface area (Å²) in [5.41, 5.74) is 5.31. The average molecular weight is 582 g/mol. The number of nitrogens with zero attached hydrogens (tertiary/aromatic N) is 3. The summed E-state index contributed by atoms with van der Waals surface area (Å²) in [6, 6.07) is 16.4. The summed E-state index contributed by atoms with van der Waals surface area (Å²) < 4.78 is 24.7. The molecule has 0 saturated heterocycles. The average Bonchev–Trinajstić information content (AvgIpc) is 3.36. The van der Waals surface area contributed by atoms with Crippen molar-refractivity contribution in [2.24, 2.45) is 5.10 Å². The van der Waals surface area contributed by atoms with Gasteiger partial charge in [-0.1, -0.05) is 52.8 Å². The summed E-state index contributed by atoms with van der Waals surface area (Å²) >= 11 is 7.54. The molecular formula is C28H25ClFN5O4S. The summed E-state index contributed by atoms with van der Waals surface area (Å²) in [7, 11) is 0. The van der Waals surface area contributed by atoms with E-state index in [-0.39, 0.29) is 34.9 Å². The van der Waals surface area contributed by atoms with Crippen LogP contribution in [-0.4, -0.2) is 34.8 Å². The quantitative estimate of drug-likeness (QED) is 0.177. The smallest absolute Gasteiger partial charge is 0.257 e. The number of nitrogens with one attached hydrogen (secondary N) is 2. The number of hydrogen-bond donors (Lipinski definition) is 2. The lowest BCUT2D eigenvalue weighted by Crippen LogP contribution is -2.19. The van der Waals surface area contributed by atoms with Crippen molar-refractivity contribution in [3.63, 3.8) is 0 Å². The first-order valence-electron chi connectivity index (χ1n) is 12.2. The number of aryl methyl sites for hydroxylation is 1. The monoisotopic (exact) mass is 581 g/mol. The highest BCUT2D eigenvalue weighted by Gasteiger charge is 2.14. The van der Waals surface area contributed by atoms with Crippen LogP contribution in [0.5, 0.6) is 11.5 Å². The van der Waals surface area contributed by atoms with Crippen LogP contribution in [-0.2, 0) is 17.8 Å². The van der Waals surface area contributed by atoms with Crippen LogP contribution in [0.2, 0.25) is 5.02 Å². The van der Waals surface area contributed by atoms with Crippen molar-refractivity contribution in [2.45, 2.75) is 26.9 Å². The van der Waals surface area contributed by atoms with Gasteiger partial charge in [0.25, 0.3) is 5.91 Å². The molecule has 0 aliphatic carbocycles. The van der Waals surface area contributed by atoms with Gasteiger partial charge in [-0.25, -0.2) is 9.82 Å². The molecule has 0 radical (unpaired) electrons. The van der Waals surface area contributed by atoms with E-state index in [1.54, 1.807) is 36.4 Å². The van der Waals surface area contributed by atoms with E-state index in [0.29, 0.717) is 34.2 Å². The van der Waals surface area contributed by atoms with Crippen molar-refractivity contribution in [1.29, 1.82) is 0 Å². The Kier molecular flexibility index (Phi) is 9.76. The fraction of sp³-hybridized carbons (Fsp3) is 0.179. The molecule has 0 aliphatic rings. The van der Waals surface area contributed by atoms with E-state index in [0.717, 1.165) is 22.5 Å². The molecule has 1 heterocycles. The van der Waals surface area contributed by atoms with Gasteiger partial charge in [-0.2, -0.15) is 5.10 Å². The largest absolute Gasteiger partial charge is 0.490 e. The molecule has 40 heavy (non-hydrogen) atoms. The predicted octanol–water partition coefficient (Wildman–Crippen LogP) is 5.56. The van der Waals surface area contributed by atoms with Crippen LogP contribution in [0, 0.1) is 12.7 Å². The number of anilines is 1. The Bertz CT molecular complexity index is 1510. The minimum atomic E-state index is -0.417. The SMILES string of the molecule is CCOc1cc(/C=N\NC(=O)Cc2nnc(NC(=O)c3ccc(C)cc3)s2)cc(Cl)c1OCc1ccc(F)cc1. The maximum atomic E-state index is 13.1. The number of amides is 2. The Morgan fingerprint density at radius 1 is 1.07 bits per heavy atom. The molecule has 0 fully saturated rings. The maximum absolute atomic E-state index is 13.1. The van der Waals surface area contributed by atoms with Crippen LogP contribution < -0.4 is 20.2 Å². The van der Waals surface area contributed by atoms with Gasteiger partial charge in [0.1, 0.15) is 17.4 Å². The fourth-order valence-corrected chi connectivity index (χ4v) is 4.41. The number of ether oxygens (including phenoxy) is 2. The summed E-state index contributed by atoms with van der Waals surface area (Å²) in [4.78, 5) is 24.7. The second kappa shape index (κ2) is 13.6. The van der Waals surface area contributed by atoms with Gasteiger partial charge in [-0.3, -0.25) is 14.9 Å². The Labute approximate surface area is 239 Å². The van der Waals surface area contributed by atoms with Crippen molar-refractivity contribution in [3.05, 3.63) is 98.8 Å². The van der Waals surface area contributed by atoms with Gasteiger partial charge < -0.3 is 9.47 Å². The molecule has 0 saturated carbocycles. The number of carbonyl (C=O) groups is 2. The fourth-order valence-electron chi connectivity index (χ4n) is 3.41. The first-order chi connectivity index (χ1) is 19.3. The molecule has 12 heteroatoms.